The molecule has 148 valence electrons. The predicted molar refractivity (Wildman–Crippen MR) is 113 cm³/mol. The predicted octanol–water partition coefficient (Wildman–Crippen LogP) is 5.25. The number of nitrogens with zero attached hydrogens (tertiary/aromatic N) is 2. The zero-order valence-electron chi connectivity index (χ0n) is 16.1. The molecule has 6 heteroatoms. The minimum atomic E-state index is -0.987. The van der Waals surface area contributed by atoms with Crippen LogP contribution in [-0.4, -0.2) is 27.0 Å². The van der Waals surface area contributed by atoms with Crippen molar-refractivity contribution in [2.75, 3.05) is 0 Å². The van der Waals surface area contributed by atoms with Crippen LogP contribution < -0.4 is 0 Å². The summed E-state index contributed by atoms with van der Waals surface area (Å²) < 4.78 is 0. The molecule has 3 rings (SSSR count). The zero-order chi connectivity index (χ0) is 21.0. The number of carbonyl (C=O) groups is 1. The lowest BCUT2D eigenvalue weighted by Crippen LogP contribution is -2.18. The Morgan fingerprint density at radius 1 is 1.10 bits per heavy atom. The second-order valence-corrected chi connectivity index (χ2v) is 7.37. The number of pyridine rings is 1. The molecule has 29 heavy (non-hydrogen) atoms. The van der Waals surface area contributed by atoms with Crippen molar-refractivity contribution >= 4 is 23.3 Å². The minimum absolute atomic E-state index is 0.201. The average molecular weight is 409 g/mol. The van der Waals surface area contributed by atoms with E-state index in [1.165, 1.54) is 0 Å². The summed E-state index contributed by atoms with van der Waals surface area (Å²) in [6.07, 6.45) is 2.15. The van der Waals surface area contributed by atoms with Crippen LogP contribution in [0.2, 0.25) is 5.02 Å². The van der Waals surface area contributed by atoms with E-state index in [2.05, 4.69) is 10.1 Å². The smallest absolute Gasteiger partial charge is 0.335 e. The maximum atomic E-state index is 11.2. The summed E-state index contributed by atoms with van der Waals surface area (Å²) in [6.45, 7) is 3.86. The molecule has 3 aromatic rings. The molecule has 0 spiro atoms. The molecule has 0 amide bonds. The van der Waals surface area contributed by atoms with Gasteiger partial charge in [0.1, 0.15) is 0 Å². The molecule has 0 bridgehead atoms. The topological polar surface area (TPSA) is 82.8 Å². The number of carboxylic acids is 1. The molecule has 1 aromatic heterocycles. The first-order valence-corrected chi connectivity index (χ1v) is 9.48. The average Bonchev–Trinajstić information content (AvgIpc) is 2.69. The molecule has 0 saturated heterocycles. The monoisotopic (exact) mass is 408 g/mol. The number of halogens is 1. The van der Waals surface area contributed by atoms with Crippen molar-refractivity contribution in [1.82, 2.24) is 4.98 Å². The van der Waals surface area contributed by atoms with Gasteiger partial charge in [-0.1, -0.05) is 35.0 Å². The third-order valence-electron chi connectivity index (χ3n) is 4.84. The van der Waals surface area contributed by atoms with Gasteiger partial charge in [0.05, 0.1) is 17.2 Å². The lowest BCUT2D eigenvalue weighted by atomic mass is 9.82. The molecule has 0 radical (unpaired) electrons. The molecular weight excluding hydrogens is 388 g/mol. The number of aromatic nitrogens is 1. The Labute approximate surface area is 174 Å². The lowest BCUT2D eigenvalue weighted by molar-refractivity contribution is 0.0697. The van der Waals surface area contributed by atoms with Gasteiger partial charge in [-0.3, -0.25) is 4.98 Å². The van der Waals surface area contributed by atoms with Crippen molar-refractivity contribution < 1.29 is 15.1 Å². The first kappa shape index (κ1) is 20.6. The van der Waals surface area contributed by atoms with Crippen molar-refractivity contribution in [2.24, 2.45) is 5.16 Å². The van der Waals surface area contributed by atoms with E-state index in [1.54, 1.807) is 36.5 Å². The maximum Gasteiger partial charge on any atom is 0.335 e. The van der Waals surface area contributed by atoms with E-state index in [4.69, 9.17) is 11.6 Å². The number of oxime groups is 1. The Kier molecular flexibility index (Phi) is 6.29. The van der Waals surface area contributed by atoms with Crippen LogP contribution in [0, 0.1) is 13.8 Å². The first-order chi connectivity index (χ1) is 13.9. The van der Waals surface area contributed by atoms with Gasteiger partial charge in [-0.2, -0.15) is 0 Å². The largest absolute Gasteiger partial charge is 0.478 e. The number of benzene rings is 2. The van der Waals surface area contributed by atoms with E-state index in [0.717, 1.165) is 27.9 Å². The summed E-state index contributed by atoms with van der Waals surface area (Å²) in [5.74, 6) is -1.34. The van der Waals surface area contributed by atoms with E-state index in [-0.39, 0.29) is 11.5 Å². The number of hydrogen-bond acceptors (Lipinski definition) is 4. The van der Waals surface area contributed by atoms with Gasteiger partial charge < -0.3 is 10.3 Å². The number of rotatable bonds is 6. The van der Waals surface area contributed by atoms with Gasteiger partial charge in [0, 0.05) is 23.3 Å². The maximum absolute atomic E-state index is 11.2. The second-order valence-electron chi connectivity index (χ2n) is 6.93. The van der Waals surface area contributed by atoms with Crippen molar-refractivity contribution in [2.45, 2.75) is 26.2 Å². The Morgan fingerprint density at radius 3 is 2.41 bits per heavy atom. The van der Waals surface area contributed by atoms with Crippen molar-refractivity contribution in [3.05, 3.63) is 99.3 Å². The van der Waals surface area contributed by atoms with Crippen LogP contribution in [0.1, 0.15) is 44.2 Å². The molecule has 2 N–H and O–H groups in total. The summed E-state index contributed by atoms with van der Waals surface area (Å²) in [5.41, 5.74) is 5.33. The summed E-state index contributed by atoms with van der Waals surface area (Å²) in [6, 6.07) is 16.0. The van der Waals surface area contributed by atoms with Crippen molar-refractivity contribution in [1.29, 1.82) is 0 Å². The normalized spacial score (nSPS) is 12.6. The molecule has 0 fully saturated rings. The highest BCUT2D eigenvalue weighted by Crippen LogP contribution is 2.32. The standard InChI is InChI=1S/C23H21ClN2O3/c1-14-11-19(24)7-8-20(14)22(17-3-5-18(6-4-17)23(27)28)21(26-29)13-16-9-10-25-15(2)12-16/h3-12,22,29H,13H2,1-2H3,(H,27,28)/b26-21+/t22-/m0/s1. The number of aromatic carboxylic acids is 1. The highest BCUT2D eigenvalue weighted by molar-refractivity contribution is 6.30. The van der Waals surface area contributed by atoms with Gasteiger partial charge in [0.2, 0.25) is 0 Å². The highest BCUT2D eigenvalue weighted by Gasteiger charge is 2.24. The van der Waals surface area contributed by atoms with Crippen molar-refractivity contribution in [3.8, 4) is 0 Å². The van der Waals surface area contributed by atoms with Crippen LogP contribution in [0.3, 0.4) is 0 Å². The fourth-order valence-corrected chi connectivity index (χ4v) is 3.68. The van der Waals surface area contributed by atoms with E-state index in [0.29, 0.717) is 17.2 Å². The molecular formula is C23H21ClN2O3. The fourth-order valence-electron chi connectivity index (χ4n) is 3.45. The molecule has 1 atom stereocenters. The van der Waals surface area contributed by atoms with Crippen LogP contribution in [0.4, 0.5) is 0 Å². The van der Waals surface area contributed by atoms with Gasteiger partial charge in [-0.25, -0.2) is 4.79 Å². The minimum Gasteiger partial charge on any atom is -0.478 e. The van der Waals surface area contributed by atoms with Crippen LogP contribution in [0.15, 0.2) is 65.9 Å². The highest BCUT2D eigenvalue weighted by atomic mass is 35.5. The number of carboxylic acid groups (broad SMARTS) is 1. The summed E-state index contributed by atoms with van der Waals surface area (Å²) in [4.78, 5) is 15.4. The first-order valence-electron chi connectivity index (χ1n) is 9.10. The van der Waals surface area contributed by atoms with E-state index >= 15 is 0 Å². The SMILES string of the molecule is Cc1cc(C/C(=N\O)[C@@H](c2ccc(C(=O)O)cc2)c2ccc(Cl)cc2C)ccn1. The Hall–Kier alpha value is -3.18. The quantitative estimate of drug-likeness (QED) is 0.331. The summed E-state index contributed by atoms with van der Waals surface area (Å²) in [5, 5.41) is 23.3. The molecule has 0 aliphatic rings. The van der Waals surface area contributed by atoms with Crippen LogP contribution >= 0.6 is 11.6 Å². The zero-order valence-corrected chi connectivity index (χ0v) is 16.9. The van der Waals surface area contributed by atoms with Crippen molar-refractivity contribution in [3.63, 3.8) is 0 Å². The molecule has 5 nitrogen and oxygen atoms in total. The number of hydrogen-bond donors (Lipinski definition) is 2. The molecule has 1 heterocycles. The van der Waals surface area contributed by atoms with Gasteiger partial charge in [-0.05, 0) is 72.5 Å². The number of aryl methyl sites for hydroxylation is 2. The van der Waals surface area contributed by atoms with Gasteiger partial charge in [0.25, 0.3) is 0 Å². The summed E-state index contributed by atoms with van der Waals surface area (Å²) in [7, 11) is 0. The van der Waals surface area contributed by atoms with E-state index in [1.807, 2.05) is 38.1 Å². The summed E-state index contributed by atoms with van der Waals surface area (Å²) >= 11 is 6.13. The van der Waals surface area contributed by atoms with Crippen LogP contribution in [-0.2, 0) is 6.42 Å². The van der Waals surface area contributed by atoms with Gasteiger partial charge in [0.15, 0.2) is 0 Å². The van der Waals surface area contributed by atoms with E-state index in [9.17, 15) is 15.1 Å². The second kappa shape index (κ2) is 8.88. The molecule has 0 aliphatic carbocycles. The Morgan fingerprint density at radius 2 is 1.83 bits per heavy atom. The molecule has 0 unspecified atom stereocenters. The van der Waals surface area contributed by atoms with Crippen LogP contribution in [0.5, 0.6) is 0 Å². The third-order valence-corrected chi connectivity index (χ3v) is 5.08. The molecule has 2 aromatic carbocycles. The van der Waals surface area contributed by atoms with Gasteiger partial charge in [-0.15, -0.1) is 0 Å². The van der Waals surface area contributed by atoms with E-state index < -0.39 is 5.97 Å². The Bertz CT molecular complexity index is 1060. The molecule has 0 saturated carbocycles. The van der Waals surface area contributed by atoms with Crippen LogP contribution in [0.25, 0.3) is 0 Å². The fraction of sp³-hybridized carbons (Fsp3) is 0.174. The lowest BCUT2D eigenvalue weighted by Gasteiger charge is -2.22. The Balaban J connectivity index is 2.09. The molecule has 0 aliphatic heterocycles. The van der Waals surface area contributed by atoms with Gasteiger partial charge >= 0.3 is 5.97 Å². The third kappa shape index (κ3) is 4.81.